The van der Waals surface area contributed by atoms with Crippen LogP contribution in [0.4, 0.5) is 0 Å². The number of hydrogen-bond acceptors (Lipinski definition) is 5. The molecular formula is C26H33NO4. The van der Waals surface area contributed by atoms with E-state index in [2.05, 4.69) is 24.1 Å². The number of aliphatic hydroxyl groups excluding tert-OH is 1. The summed E-state index contributed by atoms with van der Waals surface area (Å²) in [7, 11) is 2.15. The molecule has 166 valence electrons. The smallest absolute Gasteiger partial charge is 0.311 e. The topological polar surface area (TPSA) is 59.0 Å². The Bertz CT molecular complexity index is 914. The van der Waals surface area contributed by atoms with Gasteiger partial charge in [-0.3, -0.25) is 4.79 Å². The van der Waals surface area contributed by atoms with Crippen molar-refractivity contribution in [1.82, 2.24) is 4.90 Å². The van der Waals surface area contributed by atoms with Gasteiger partial charge in [-0.05, 0) is 68.7 Å². The summed E-state index contributed by atoms with van der Waals surface area (Å²) in [5, 5.41) is 10.2. The zero-order chi connectivity index (χ0) is 21.2. The van der Waals surface area contributed by atoms with E-state index in [-0.39, 0.29) is 17.5 Å². The number of nitrogens with zero attached hydrogens (tertiary/aromatic N) is 1. The Morgan fingerprint density at radius 1 is 1.23 bits per heavy atom. The van der Waals surface area contributed by atoms with Crippen LogP contribution < -0.4 is 9.47 Å². The predicted molar refractivity (Wildman–Crippen MR) is 117 cm³/mol. The normalized spacial score (nSPS) is 38.2. The van der Waals surface area contributed by atoms with Crippen molar-refractivity contribution in [3.05, 3.63) is 35.4 Å². The molecule has 2 bridgehead atoms. The number of carbonyl (C=O) groups is 1. The van der Waals surface area contributed by atoms with Gasteiger partial charge in [0.2, 0.25) is 0 Å². The van der Waals surface area contributed by atoms with Crippen LogP contribution in [0, 0.1) is 17.8 Å². The van der Waals surface area contributed by atoms with Crippen LogP contribution in [0.3, 0.4) is 0 Å². The van der Waals surface area contributed by atoms with E-state index in [4.69, 9.17) is 9.47 Å². The molecule has 1 spiro atoms. The van der Waals surface area contributed by atoms with Gasteiger partial charge in [0.25, 0.3) is 0 Å². The molecule has 0 radical (unpaired) electrons. The van der Waals surface area contributed by atoms with Gasteiger partial charge in [0.15, 0.2) is 11.5 Å². The molecule has 1 N–H and O–H groups in total. The third kappa shape index (κ3) is 3.32. The van der Waals surface area contributed by atoms with Crippen LogP contribution in [0.5, 0.6) is 11.5 Å². The van der Waals surface area contributed by atoms with Crippen LogP contribution in [0.1, 0.15) is 62.5 Å². The molecular weight excluding hydrogens is 390 g/mol. The molecule has 2 heterocycles. The van der Waals surface area contributed by atoms with Crippen LogP contribution in [-0.4, -0.2) is 41.8 Å². The molecule has 5 nitrogen and oxygen atoms in total. The van der Waals surface area contributed by atoms with E-state index in [1.807, 2.05) is 12.1 Å². The summed E-state index contributed by atoms with van der Waals surface area (Å²) in [6.07, 6.45) is 11.9. The third-order valence-electron chi connectivity index (χ3n) is 8.59. The van der Waals surface area contributed by atoms with Gasteiger partial charge < -0.3 is 19.5 Å². The lowest BCUT2D eigenvalue weighted by Gasteiger charge is -2.35. The van der Waals surface area contributed by atoms with Crippen molar-refractivity contribution in [3.8, 4) is 11.5 Å². The molecule has 2 unspecified atom stereocenters. The Morgan fingerprint density at radius 3 is 2.84 bits per heavy atom. The molecule has 31 heavy (non-hydrogen) atoms. The van der Waals surface area contributed by atoms with Crippen LogP contribution in [0.2, 0.25) is 0 Å². The summed E-state index contributed by atoms with van der Waals surface area (Å²) in [4.78, 5) is 15.2. The molecule has 1 aromatic rings. The standard InChI is InChI=1S/C26H33NO4/c1-27-9-8-26-7-6-20(28)14-22(26)31-25-21(5-4-19(15-27)24(25)26)30-23(29)13-18-11-16-2-3-17(10-16)12-18/h4-7,16-18,20,22,28H,2-3,8-15H2,1H3/t16?,17?,18?,20-,22-,26-/m0/s1. The van der Waals surface area contributed by atoms with E-state index < -0.39 is 6.10 Å². The van der Waals surface area contributed by atoms with Crippen molar-refractivity contribution >= 4 is 5.97 Å². The summed E-state index contributed by atoms with van der Waals surface area (Å²) in [5.41, 5.74) is 2.17. The van der Waals surface area contributed by atoms with E-state index in [9.17, 15) is 9.90 Å². The minimum Gasteiger partial charge on any atom is -0.485 e. The lowest BCUT2D eigenvalue weighted by molar-refractivity contribution is -0.136. The minimum absolute atomic E-state index is 0.110. The monoisotopic (exact) mass is 423 g/mol. The molecule has 2 saturated carbocycles. The average molecular weight is 424 g/mol. The number of hydrogen-bond donors (Lipinski definition) is 1. The number of ether oxygens (including phenoxy) is 2. The highest BCUT2D eigenvalue weighted by atomic mass is 16.6. The molecule has 0 saturated heterocycles. The first-order chi connectivity index (χ1) is 15.0. The zero-order valence-electron chi connectivity index (χ0n) is 18.4. The van der Waals surface area contributed by atoms with Crippen molar-refractivity contribution < 1.29 is 19.4 Å². The second-order valence-corrected chi connectivity index (χ2v) is 10.8. The predicted octanol–water partition coefficient (Wildman–Crippen LogP) is 3.96. The minimum atomic E-state index is -0.484. The fraction of sp³-hybridized carbons (Fsp3) is 0.654. The molecule has 5 atom stereocenters. The van der Waals surface area contributed by atoms with Gasteiger partial charge >= 0.3 is 5.97 Å². The van der Waals surface area contributed by atoms with Gasteiger partial charge in [-0.15, -0.1) is 0 Å². The average Bonchev–Trinajstić information content (AvgIpc) is 3.20. The van der Waals surface area contributed by atoms with E-state index in [0.717, 1.165) is 37.1 Å². The first-order valence-electron chi connectivity index (χ1n) is 12.1. The molecule has 0 aromatic heterocycles. The zero-order valence-corrected chi connectivity index (χ0v) is 18.4. The van der Waals surface area contributed by atoms with Gasteiger partial charge in [-0.25, -0.2) is 0 Å². The van der Waals surface area contributed by atoms with Gasteiger partial charge in [0, 0.05) is 24.9 Å². The Kier molecular flexibility index (Phi) is 4.69. The number of aliphatic hydroxyl groups is 1. The second-order valence-electron chi connectivity index (χ2n) is 10.8. The van der Waals surface area contributed by atoms with Crippen LogP contribution >= 0.6 is 0 Å². The fourth-order valence-corrected chi connectivity index (χ4v) is 7.21. The van der Waals surface area contributed by atoms with Crippen molar-refractivity contribution in [1.29, 1.82) is 0 Å². The largest absolute Gasteiger partial charge is 0.485 e. The highest BCUT2D eigenvalue weighted by Crippen LogP contribution is 2.56. The maximum Gasteiger partial charge on any atom is 0.311 e. The lowest BCUT2D eigenvalue weighted by atomic mass is 9.69. The Morgan fingerprint density at radius 2 is 2.03 bits per heavy atom. The van der Waals surface area contributed by atoms with Gasteiger partial charge in [-0.1, -0.05) is 31.1 Å². The van der Waals surface area contributed by atoms with Crippen LogP contribution in [0.25, 0.3) is 0 Å². The quantitative estimate of drug-likeness (QED) is 0.453. The van der Waals surface area contributed by atoms with Gasteiger partial charge in [0.1, 0.15) is 6.10 Å². The molecule has 3 aliphatic carbocycles. The first kappa shape index (κ1) is 19.8. The van der Waals surface area contributed by atoms with Crippen molar-refractivity contribution in [3.63, 3.8) is 0 Å². The SMILES string of the molecule is CN1CC[C@@]23C=C[C@H](O)C[C@@H]2Oc2c(OC(=O)CC4CC5CCC(C5)C4)ccc(c23)C1. The maximum absolute atomic E-state index is 12.9. The van der Waals surface area contributed by atoms with Crippen molar-refractivity contribution in [2.45, 2.75) is 75.5 Å². The molecule has 2 aliphatic heterocycles. The number of esters is 1. The van der Waals surface area contributed by atoms with E-state index in [0.29, 0.717) is 24.5 Å². The summed E-state index contributed by atoms with van der Waals surface area (Å²) in [5.74, 6) is 3.27. The van der Waals surface area contributed by atoms with Crippen LogP contribution in [-0.2, 0) is 16.8 Å². The Balaban J connectivity index is 1.28. The van der Waals surface area contributed by atoms with E-state index in [1.165, 1.54) is 43.2 Å². The third-order valence-corrected chi connectivity index (χ3v) is 8.59. The lowest BCUT2D eigenvalue weighted by Crippen LogP contribution is -2.42. The highest BCUT2D eigenvalue weighted by Gasteiger charge is 2.52. The number of carbonyl (C=O) groups excluding carboxylic acids is 1. The van der Waals surface area contributed by atoms with Gasteiger partial charge in [-0.2, -0.15) is 0 Å². The number of rotatable bonds is 3. The summed E-state index contributed by atoms with van der Waals surface area (Å²) < 4.78 is 12.4. The van der Waals surface area contributed by atoms with Crippen molar-refractivity contribution in [2.75, 3.05) is 13.6 Å². The molecule has 2 fully saturated rings. The second kappa shape index (κ2) is 7.35. The molecule has 5 aliphatic rings. The first-order valence-corrected chi connectivity index (χ1v) is 12.1. The summed E-state index contributed by atoms with van der Waals surface area (Å²) in [6, 6.07) is 4.03. The van der Waals surface area contributed by atoms with E-state index in [1.54, 1.807) is 0 Å². The molecule has 5 heteroatoms. The highest BCUT2D eigenvalue weighted by molar-refractivity contribution is 5.75. The molecule has 6 rings (SSSR count). The maximum atomic E-state index is 12.9. The number of fused-ring (bicyclic) bond motifs is 2. The molecule has 1 aromatic carbocycles. The fourth-order valence-electron chi connectivity index (χ4n) is 7.21. The summed E-state index contributed by atoms with van der Waals surface area (Å²) >= 11 is 0. The molecule has 0 amide bonds. The van der Waals surface area contributed by atoms with Gasteiger partial charge in [0.05, 0.1) is 11.5 Å². The summed E-state index contributed by atoms with van der Waals surface area (Å²) in [6.45, 7) is 1.82. The Hall–Kier alpha value is -1.85. The van der Waals surface area contributed by atoms with Crippen LogP contribution in [0.15, 0.2) is 24.3 Å². The Labute approximate surface area is 184 Å². The van der Waals surface area contributed by atoms with E-state index >= 15 is 0 Å². The van der Waals surface area contributed by atoms with Crippen molar-refractivity contribution in [2.24, 2.45) is 17.8 Å². The number of benzene rings is 1.